The van der Waals surface area contributed by atoms with E-state index in [0.29, 0.717) is 23.5 Å². The molecule has 8 heteroatoms. The summed E-state index contributed by atoms with van der Waals surface area (Å²) in [5, 5.41) is 3.69. The number of carbonyl (C=O) groups is 1. The normalized spacial score (nSPS) is 19.5. The Morgan fingerprint density at radius 1 is 1.04 bits per heavy atom. The van der Waals surface area contributed by atoms with Gasteiger partial charge in [-0.2, -0.15) is 0 Å². The van der Waals surface area contributed by atoms with Crippen LogP contribution in [-0.4, -0.2) is 45.0 Å². The molecule has 2 amide bonds. The lowest BCUT2D eigenvalue weighted by molar-refractivity contribution is 0.162. The van der Waals surface area contributed by atoms with E-state index in [1.165, 1.54) is 31.4 Å². The van der Waals surface area contributed by atoms with E-state index in [2.05, 4.69) is 10.0 Å². The first kappa shape index (κ1) is 21.4. The molecule has 1 heterocycles. The molecule has 1 saturated carbocycles. The summed E-state index contributed by atoms with van der Waals surface area (Å²) < 4.78 is 27.3. The third-order valence-electron chi connectivity index (χ3n) is 5.80. The van der Waals surface area contributed by atoms with Crippen LogP contribution in [0, 0.1) is 5.92 Å². The largest absolute Gasteiger partial charge is 0.335 e. The van der Waals surface area contributed by atoms with Gasteiger partial charge in [-0.05, 0) is 62.3 Å². The molecule has 0 atom stereocenters. The Labute approximate surface area is 173 Å². The zero-order valence-electron chi connectivity index (χ0n) is 16.2. The average Bonchev–Trinajstić information content (AvgIpc) is 2.69. The van der Waals surface area contributed by atoms with Gasteiger partial charge in [-0.25, -0.2) is 17.9 Å². The molecular weight excluding hydrogens is 398 g/mol. The molecule has 2 aliphatic rings. The SMILES string of the molecule is O=C(NC1CCCCC1)N1CCC(CCNS(=O)(=O)c2ccc(Cl)cc2)CC1. The van der Waals surface area contributed by atoms with E-state index in [0.717, 1.165) is 45.2 Å². The van der Waals surface area contributed by atoms with Crippen LogP contribution < -0.4 is 10.0 Å². The fraction of sp³-hybridized carbons (Fsp3) is 0.650. The number of carbonyl (C=O) groups excluding carboxylic acids is 1. The van der Waals surface area contributed by atoms with Crippen molar-refractivity contribution in [2.24, 2.45) is 5.92 Å². The Morgan fingerprint density at radius 3 is 2.32 bits per heavy atom. The van der Waals surface area contributed by atoms with E-state index in [1.54, 1.807) is 12.1 Å². The Morgan fingerprint density at radius 2 is 1.68 bits per heavy atom. The van der Waals surface area contributed by atoms with Crippen molar-refractivity contribution in [3.05, 3.63) is 29.3 Å². The molecule has 0 aromatic heterocycles. The van der Waals surface area contributed by atoms with Crippen molar-refractivity contribution in [1.82, 2.24) is 14.9 Å². The zero-order valence-corrected chi connectivity index (χ0v) is 17.8. The molecule has 3 rings (SSSR count). The zero-order chi connectivity index (χ0) is 20.0. The number of hydrogen-bond donors (Lipinski definition) is 2. The first-order chi connectivity index (χ1) is 13.4. The number of nitrogens with zero attached hydrogens (tertiary/aromatic N) is 1. The summed E-state index contributed by atoms with van der Waals surface area (Å²) in [6, 6.07) is 6.56. The molecule has 1 aliphatic heterocycles. The third-order valence-corrected chi connectivity index (χ3v) is 7.53. The molecule has 0 radical (unpaired) electrons. The van der Waals surface area contributed by atoms with Crippen LogP contribution in [0.1, 0.15) is 51.4 Å². The van der Waals surface area contributed by atoms with Crippen LogP contribution in [0.5, 0.6) is 0 Å². The lowest BCUT2D eigenvalue weighted by atomic mass is 9.93. The van der Waals surface area contributed by atoms with Crippen molar-refractivity contribution in [3.63, 3.8) is 0 Å². The van der Waals surface area contributed by atoms with Crippen LogP contribution in [0.4, 0.5) is 4.79 Å². The second kappa shape index (κ2) is 9.94. The van der Waals surface area contributed by atoms with Crippen LogP contribution in [0.25, 0.3) is 0 Å². The van der Waals surface area contributed by atoms with Gasteiger partial charge in [0.05, 0.1) is 4.90 Å². The molecule has 1 aromatic rings. The first-order valence-corrected chi connectivity index (χ1v) is 12.1. The van der Waals surface area contributed by atoms with Gasteiger partial charge in [0.1, 0.15) is 0 Å². The molecule has 6 nitrogen and oxygen atoms in total. The highest BCUT2D eigenvalue weighted by Crippen LogP contribution is 2.22. The summed E-state index contributed by atoms with van der Waals surface area (Å²) in [6.07, 6.45) is 8.50. The monoisotopic (exact) mass is 427 g/mol. The molecule has 156 valence electrons. The van der Waals surface area contributed by atoms with Crippen molar-refractivity contribution < 1.29 is 13.2 Å². The molecular formula is C20H30ClN3O3S. The highest BCUT2D eigenvalue weighted by atomic mass is 35.5. The van der Waals surface area contributed by atoms with Gasteiger partial charge < -0.3 is 10.2 Å². The maximum absolute atomic E-state index is 12.4. The van der Waals surface area contributed by atoms with Crippen molar-refractivity contribution in [2.75, 3.05) is 19.6 Å². The predicted octanol–water partition coefficient (Wildman–Crippen LogP) is 3.76. The fourth-order valence-electron chi connectivity index (χ4n) is 4.03. The minimum absolute atomic E-state index is 0.0637. The number of nitrogens with one attached hydrogen (secondary N) is 2. The van der Waals surface area contributed by atoms with Gasteiger partial charge in [-0.15, -0.1) is 0 Å². The van der Waals surface area contributed by atoms with E-state index < -0.39 is 10.0 Å². The molecule has 28 heavy (non-hydrogen) atoms. The summed E-state index contributed by atoms with van der Waals surface area (Å²) in [4.78, 5) is 14.5. The van der Waals surface area contributed by atoms with Gasteiger partial charge in [0.25, 0.3) is 0 Å². The number of rotatable bonds is 6. The van der Waals surface area contributed by atoms with Crippen molar-refractivity contribution in [1.29, 1.82) is 0 Å². The molecule has 0 bridgehead atoms. The molecule has 1 aliphatic carbocycles. The van der Waals surface area contributed by atoms with Gasteiger partial charge in [-0.1, -0.05) is 30.9 Å². The summed E-state index contributed by atoms with van der Waals surface area (Å²) >= 11 is 5.81. The number of amides is 2. The maximum Gasteiger partial charge on any atom is 0.317 e. The molecule has 2 fully saturated rings. The van der Waals surface area contributed by atoms with E-state index >= 15 is 0 Å². The Bertz CT molecular complexity index is 740. The van der Waals surface area contributed by atoms with Gasteiger partial charge >= 0.3 is 6.03 Å². The van der Waals surface area contributed by atoms with Gasteiger partial charge in [0.15, 0.2) is 0 Å². The summed E-state index contributed by atoms with van der Waals surface area (Å²) in [7, 11) is -3.50. The molecule has 0 spiro atoms. The Hall–Kier alpha value is -1.31. The molecule has 2 N–H and O–H groups in total. The number of halogens is 1. The number of urea groups is 1. The number of benzene rings is 1. The van der Waals surface area contributed by atoms with Gasteiger partial charge in [-0.3, -0.25) is 0 Å². The summed E-state index contributed by atoms with van der Waals surface area (Å²) in [5.41, 5.74) is 0. The number of piperidine rings is 1. The topological polar surface area (TPSA) is 78.5 Å². The van der Waals surface area contributed by atoms with E-state index in [4.69, 9.17) is 11.6 Å². The van der Waals surface area contributed by atoms with Crippen LogP contribution in [-0.2, 0) is 10.0 Å². The lowest BCUT2D eigenvalue weighted by Gasteiger charge is -2.34. The lowest BCUT2D eigenvalue weighted by Crippen LogP contribution is -2.48. The van der Waals surface area contributed by atoms with Crippen LogP contribution >= 0.6 is 11.6 Å². The van der Waals surface area contributed by atoms with E-state index in [9.17, 15) is 13.2 Å². The second-order valence-electron chi connectivity index (χ2n) is 7.86. The number of sulfonamides is 1. The molecule has 1 saturated heterocycles. The van der Waals surface area contributed by atoms with E-state index in [-0.39, 0.29) is 10.9 Å². The summed E-state index contributed by atoms with van der Waals surface area (Å²) in [5.74, 6) is 0.437. The predicted molar refractivity (Wildman–Crippen MR) is 111 cm³/mol. The number of hydrogen-bond acceptors (Lipinski definition) is 3. The van der Waals surface area contributed by atoms with Gasteiger partial charge in [0, 0.05) is 30.7 Å². The van der Waals surface area contributed by atoms with Crippen molar-refractivity contribution in [2.45, 2.75) is 62.3 Å². The van der Waals surface area contributed by atoms with Gasteiger partial charge in [0.2, 0.25) is 10.0 Å². The molecule has 1 aromatic carbocycles. The second-order valence-corrected chi connectivity index (χ2v) is 10.1. The van der Waals surface area contributed by atoms with Crippen molar-refractivity contribution in [3.8, 4) is 0 Å². The quantitative estimate of drug-likeness (QED) is 0.725. The Balaban J connectivity index is 1.37. The first-order valence-electron chi connectivity index (χ1n) is 10.2. The fourth-order valence-corrected chi connectivity index (χ4v) is 5.21. The van der Waals surface area contributed by atoms with Crippen LogP contribution in [0.3, 0.4) is 0 Å². The highest BCUT2D eigenvalue weighted by Gasteiger charge is 2.25. The highest BCUT2D eigenvalue weighted by molar-refractivity contribution is 7.89. The standard InChI is InChI=1S/C20H30ClN3O3S/c21-17-6-8-19(9-7-17)28(26,27)22-13-10-16-11-14-24(15-12-16)20(25)23-18-4-2-1-3-5-18/h6-9,16,18,22H,1-5,10-15H2,(H,23,25). The average molecular weight is 428 g/mol. The van der Waals surface area contributed by atoms with Crippen LogP contribution in [0.2, 0.25) is 5.02 Å². The summed E-state index contributed by atoms with van der Waals surface area (Å²) in [6.45, 7) is 1.89. The smallest absolute Gasteiger partial charge is 0.317 e. The van der Waals surface area contributed by atoms with Crippen molar-refractivity contribution >= 4 is 27.7 Å². The minimum atomic E-state index is -3.50. The van der Waals surface area contributed by atoms with E-state index in [1.807, 2.05) is 4.90 Å². The third kappa shape index (κ3) is 6.09. The minimum Gasteiger partial charge on any atom is -0.335 e. The number of likely N-dealkylation sites (tertiary alicyclic amines) is 1. The Kier molecular flexibility index (Phi) is 7.60. The maximum atomic E-state index is 12.4. The molecule has 0 unspecified atom stereocenters. The van der Waals surface area contributed by atoms with Crippen LogP contribution in [0.15, 0.2) is 29.2 Å².